The molecule has 0 aromatic heterocycles. The monoisotopic (exact) mass is 202 g/mol. The molecular weight excluding hydrogens is 180 g/mol. The molecule has 0 amide bonds. The summed E-state index contributed by atoms with van der Waals surface area (Å²) >= 11 is 0. The minimum Gasteiger partial charge on any atom is -0.0985 e. The van der Waals surface area contributed by atoms with Gasteiger partial charge in [-0.1, -0.05) is 48.1 Å². The molecule has 0 heteroatoms. The van der Waals surface area contributed by atoms with Crippen molar-refractivity contribution in [2.75, 3.05) is 0 Å². The first-order valence-electron chi connectivity index (χ1n) is 5.30. The van der Waals surface area contributed by atoms with Crippen molar-refractivity contribution in [3.63, 3.8) is 0 Å². The molecule has 0 spiro atoms. The standard InChI is InChI=1S/C15H22/c1-7-9-13(5)11-15(8-2)14(6)10-12(3)4/h7-11H,2H2,1,3-6H3/b9-7-,13-11-,15-14+. The van der Waals surface area contributed by atoms with Crippen molar-refractivity contribution in [3.05, 3.63) is 59.3 Å². The summed E-state index contributed by atoms with van der Waals surface area (Å²) in [7, 11) is 0. The van der Waals surface area contributed by atoms with Crippen molar-refractivity contribution in [2.24, 2.45) is 0 Å². The normalized spacial score (nSPS) is 13.8. The highest BCUT2D eigenvalue weighted by atomic mass is 14.0. The lowest BCUT2D eigenvalue weighted by atomic mass is 10.0. The Labute approximate surface area is 94.4 Å². The number of allylic oxidation sites excluding steroid dienone is 9. The molecule has 0 aromatic rings. The van der Waals surface area contributed by atoms with E-state index in [1.54, 1.807) is 0 Å². The molecule has 0 atom stereocenters. The van der Waals surface area contributed by atoms with Gasteiger partial charge in [-0.3, -0.25) is 0 Å². The zero-order valence-corrected chi connectivity index (χ0v) is 10.6. The number of hydrogen-bond donors (Lipinski definition) is 0. The Morgan fingerprint density at radius 3 is 2.00 bits per heavy atom. The lowest BCUT2D eigenvalue weighted by Crippen LogP contribution is -1.81. The van der Waals surface area contributed by atoms with Gasteiger partial charge in [0.25, 0.3) is 0 Å². The van der Waals surface area contributed by atoms with Gasteiger partial charge in [0.2, 0.25) is 0 Å². The molecule has 0 unspecified atom stereocenters. The van der Waals surface area contributed by atoms with Gasteiger partial charge in [-0.2, -0.15) is 0 Å². The third-order valence-corrected chi connectivity index (χ3v) is 1.99. The molecule has 0 aliphatic heterocycles. The van der Waals surface area contributed by atoms with E-state index in [2.05, 4.69) is 52.5 Å². The maximum absolute atomic E-state index is 3.85. The minimum absolute atomic E-state index is 1.19. The Balaban J connectivity index is 5.15. The summed E-state index contributed by atoms with van der Waals surface area (Å²) in [5, 5.41) is 0. The summed E-state index contributed by atoms with van der Waals surface area (Å²) in [5.41, 5.74) is 5.00. The third-order valence-electron chi connectivity index (χ3n) is 1.99. The Morgan fingerprint density at radius 1 is 1.00 bits per heavy atom. The van der Waals surface area contributed by atoms with E-state index in [0.717, 1.165) is 0 Å². The molecule has 82 valence electrons. The maximum atomic E-state index is 3.85. The molecule has 0 radical (unpaired) electrons. The Bertz CT molecular complexity index is 329. The second kappa shape index (κ2) is 7.05. The molecule has 0 saturated carbocycles. The molecule has 0 aromatic carbocycles. The van der Waals surface area contributed by atoms with E-state index >= 15 is 0 Å². The van der Waals surface area contributed by atoms with E-state index in [4.69, 9.17) is 0 Å². The SMILES string of the molecule is C=CC(/C=C(C)\C=C/C)=C(/C)C=C(C)C. The largest absolute Gasteiger partial charge is 0.0985 e. The van der Waals surface area contributed by atoms with Gasteiger partial charge in [0, 0.05) is 0 Å². The van der Waals surface area contributed by atoms with Crippen LogP contribution in [0.25, 0.3) is 0 Å². The second-order valence-corrected chi connectivity index (χ2v) is 3.95. The van der Waals surface area contributed by atoms with Crippen LogP contribution in [-0.4, -0.2) is 0 Å². The number of hydrogen-bond acceptors (Lipinski definition) is 0. The Hall–Kier alpha value is -1.30. The summed E-state index contributed by atoms with van der Waals surface area (Å²) in [6.45, 7) is 14.3. The summed E-state index contributed by atoms with van der Waals surface area (Å²) < 4.78 is 0. The van der Waals surface area contributed by atoms with Gasteiger partial charge >= 0.3 is 0 Å². The van der Waals surface area contributed by atoms with Crippen molar-refractivity contribution >= 4 is 0 Å². The molecule has 0 saturated heterocycles. The lowest BCUT2D eigenvalue weighted by molar-refractivity contribution is 1.33. The van der Waals surface area contributed by atoms with Gasteiger partial charge in [-0.15, -0.1) is 0 Å². The second-order valence-electron chi connectivity index (χ2n) is 3.95. The first-order valence-corrected chi connectivity index (χ1v) is 5.30. The van der Waals surface area contributed by atoms with Crippen LogP contribution in [0.1, 0.15) is 34.6 Å². The predicted molar refractivity (Wildman–Crippen MR) is 70.9 cm³/mol. The predicted octanol–water partition coefficient (Wildman–Crippen LogP) is 4.98. The summed E-state index contributed by atoms with van der Waals surface area (Å²) in [6.07, 6.45) is 10.4. The topological polar surface area (TPSA) is 0 Å². The van der Waals surface area contributed by atoms with Gasteiger partial charge in [-0.25, -0.2) is 0 Å². The quantitative estimate of drug-likeness (QED) is 0.564. The van der Waals surface area contributed by atoms with Crippen LogP contribution in [0.3, 0.4) is 0 Å². The molecular formula is C15H22. The summed E-state index contributed by atoms with van der Waals surface area (Å²) in [6, 6.07) is 0. The van der Waals surface area contributed by atoms with Crippen molar-refractivity contribution in [2.45, 2.75) is 34.6 Å². The molecule has 0 bridgehead atoms. The van der Waals surface area contributed by atoms with E-state index in [1.807, 2.05) is 19.1 Å². The van der Waals surface area contributed by atoms with Gasteiger partial charge in [0.15, 0.2) is 0 Å². The first kappa shape index (κ1) is 13.7. The van der Waals surface area contributed by atoms with Crippen LogP contribution in [0, 0.1) is 0 Å². The van der Waals surface area contributed by atoms with E-state index < -0.39 is 0 Å². The van der Waals surface area contributed by atoms with Crippen LogP contribution < -0.4 is 0 Å². The molecule has 0 fully saturated rings. The van der Waals surface area contributed by atoms with Gasteiger partial charge in [0.1, 0.15) is 0 Å². The van der Waals surface area contributed by atoms with Crippen molar-refractivity contribution in [3.8, 4) is 0 Å². The number of rotatable bonds is 4. The van der Waals surface area contributed by atoms with Crippen LogP contribution in [0.2, 0.25) is 0 Å². The van der Waals surface area contributed by atoms with Crippen LogP contribution in [0.5, 0.6) is 0 Å². The van der Waals surface area contributed by atoms with Gasteiger partial charge in [0.05, 0.1) is 0 Å². The maximum Gasteiger partial charge on any atom is -0.0231 e. The van der Waals surface area contributed by atoms with Crippen molar-refractivity contribution < 1.29 is 0 Å². The lowest BCUT2D eigenvalue weighted by Gasteiger charge is -2.01. The summed E-state index contributed by atoms with van der Waals surface area (Å²) in [5.74, 6) is 0. The highest BCUT2D eigenvalue weighted by Crippen LogP contribution is 2.13. The fourth-order valence-electron chi connectivity index (χ4n) is 1.41. The van der Waals surface area contributed by atoms with Gasteiger partial charge in [-0.05, 0) is 45.8 Å². The minimum atomic E-state index is 1.19. The van der Waals surface area contributed by atoms with Crippen LogP contribution in [-0.2, 0) is 0 Å². The fraction of sp³-hybridized carbons (Fsp3) is 0.333. The fourth-order valence-corrected chi connectivity index (χ4v) is 1.41. The molecule has 0 N–H and O–H groups in total. The average molecular weight is 202 g/mol. The van der Waals surface area contributed by atoms with E-state index in [-0.39, 0.29) is 0 Å². The molecule has 15 heavy (non-hydrogen) atoms. The molecule has 0 aliphatic rings. The zero-order chi connectivity index (χ0) is 11.8. The van der Waals surface area contributed by atoms with E-state index in [9.17, 15) is 0 Å². The van der Waals surface area contributed by atoms with Crippen molar-refractivity contribution in [1.82, 2.24) is 0 Å². The molecule has 0 nitrogen and oxygen atoms in total. The van der Waals surface area contributed by atoms with Crippen LogP contribution >= 0.6 is 0 Å². The van der Waals surface area contributed by atoms with E-state index in [0.29, 0.717) is 0 Å². The Kier molecular flexibility index (Phi) is 6.44. The van der Waals surface area contributed by atoms with E-state index in [1.165, 1.54) is 22.3 Å². The first-order chi connectivity index (χ1) is 7.01. The van der Waals surface area contributed by atoms with Crippen LogP contribution in [0.4, 0.5) is 0 Å². The Morgan fingerprint density at radius 2 is 1.60 bits per heavy atom. The van der Waals surface area contributed by atoms with Gasteiger partial charge < -0.3 is 0 Å². The highest BCUT2D eigenvalue weighted by Gasteiger charge is 1.93. The average Bonchev–Trinajstić information content (AvgIpc) is 2.13. The molecule has 0 heterocycles. The highest BCUT2D eigenvalue weighted by molar-refractivity contribution is 5.42. The molecule has 0 rings (SSSR count). The third kappa shape index (κ3) is 5.90. The zero-order valence-electron chi connectivity index (χ0n) is 10.6. The smallest absolute Gasteiger partial charge is 0.0231 e. The van der Waals surface area contributed by atoms with Crippen LogP contribution in [0.15, 0.2) is 59.3 Å². The van der Waals surface area contributed by atoms with Crippen molar-refractivity contribution in [1.29, 1.82) is 0 Å². The summed E-state index contributed by atoms with van der Waals surface area (Å²) in [4.78, 5) is 0. The molecule has 0 aliphatic carbocycles.